The number of hydrogen-bond donors (Lipinski definition) is 2. The van der Waals surface area contributed by atoms with Gasteiger partial charge < -0.3 is 18.9 Å². The molecule has 0 bridgehead atoms. The summed E-state index contributed by atoms with van der Waals surface area (Å²) in [4.78, 5) is 2.92. The number of nitrogens with one attached hydrogen (secondary N) is 1. The smallest absolute Gasteiger partial charge is 0.343 e. The van der Waals surface area contributed by atoms with E-state index in [1.807, 2.05) is 13.0 Å². The maximum absolute atomic E-state index is 10.1. The minimum absolute atomic E-state index is 0.196. The maximum atomic E-state index is 10.1. The van der Waals surface area contributed by atoms with Crippen molar-refractivity contribution in [3.63, 3.8) is 0 Å². The molecule has 0 amide bonds. The average Bonchev–Trinajstić information content (AvgIpc) is 2.90. The third-order valence-electron chi connectivity index (χ3n) is 5.52. The number of nitrogens with zero attached hydrogens (tertiary/aromatic N) is 2. The Balaban J connectivity index is 1.85. The summed E-state index contributed by atoms with van der Waals surface area (Å²) < 4.78 is 22.5. The monoisotopic (exact) mass is 355 g/mol. The second kappa shape index (κ2) is 5.34. The Morgan fingerprint density at radius 2 is 2.00 bits per heavy atom. The zero-order valence-electron chi connectivity index (χ0n) is 14.5. The molecule has 26 heavy (non-hydrogen) atoms. The van der Waals surface area contributed by atoms with Gasteiger partial charge in [-0.25, -0.2) is 4.99 Å². The number of hydrogen-bond acceptors (Lipinski definition) is 7. The third-order valence-corrected chi connectivity index (χ3v) is 5.52. The summed E-state index contributed by atoms with van der Waals surface area (Å²) in [6.07, 6.45) is 0. The summed E-state index contributed by atoms with van der Waals surface area (Å²) in [5, 5.41) is 20.0. The van der Waals surface area contributed by atoms with Crippen molar-refractivity contribution in [2.45, 2.75) is 18.8 Å². The predicted molar refractivity (Wildman–Crippen MR) is 87.8 cm³/mol. The molecule has 2 fully saturated rings. The molecule has 3 atom stereocenters. The van der Waals surface area contributed by atoms with Crippen molar-refractivity contribution in [3.8, 4) is 23.6 Å². The van der Waals surface area contributed by atoms with Crippen molar-refractivity contribution in [2.24, 2.45) is 16.6 Å². The van der Waals surface area contributed by atoms with E-state index in [4.69, 9.17) is 24.7 Å². The highest BCUT2D eigenvalue weighted by molar-refractivity contribution is 5.95. The van der Waals surface area contributed by atoms with Crippen LogP contribution in [0.4, 0.5) is 0 Å². The molecule has 0 radical (unpaired) electrons. The molecule has 2 heterocycles. The minimum atomic E-state index is -1.40. The van der Waals surface area contributed by atoms with E-state index >= 15 is 0 Å². The first-order valence-corrected chi connectivity index (χ1v) is 8.39. The molecule has 8 heteroatoms. The zero-order valence-corrected chi connectivity index (χ0v) is 14.5. The fourth-order valence-electron chi connectivity index (χ4n) is 4.46. The fraction of sp³-hybridized carbons (Fsp3) is 0.500. The normalized spacial score (nSPS) is 33.1. The fourth-order valence-corrected chi connectivity index (χ4v) is 4.46. The van der Waals surface area contributed by atoms with Crippen molar-refractivity contribution < 1.29 is 23.9 Å². The van der Waals surface area contributed by atoms with Crippen LogP contribution in [0.25, 0.3) is 0 Å². The van der Waals surface area contributed by atoms with Gasteiger partial charge in [0.15, 0.2) is 22.3 Å². The Kier molecular flexibility index (Phi) is 3.42. The quantitative estimate of drug-likeness (QED) is 0.736. The highest BCUT2D eigenvalue weighted by atomic mass is 16.8. The molecule has 1 aromatic rings. The molecule has 3 aliphatic rings. The van der Waals surface area contributed by atoms with Crippen molar-refractivity contribution in [2.75, 3.05) is 26.9 Å². The summed E-state index contributed by atoms with van der Waals surface area (Å²) in [7, 11) is 1.54. The lowest BCUT2D eigenvalue weighted by Crippen LogP contribution is -2.89. The van der Waals surface area contributed by atoms with Gasteiger partial charge in [-0.3, -0.25) is 5.73 Å². The molecular formula is C18H19N4O4+. The van der Waals surface area contributed by atoms with Gasteiger partial charge in [-0.1, -0.05) is 6.07 Å². The Morgan fingerprint density at radius 3 is 2.58 bits per heavy atom. The van der Waals surface area contributed by atoms with E-state index in [1.165, 1.54) is 0 Å². The molecule has 8 nitrogen and oxygen atoms in total. The molecule has 1 aromatic carbocycles. The molecular weight excluding hydrogens is 336 g/mol. The lowest BCUT2D eigenvalue weighted by atomic mass is 9.94. The Labute approximate surface area is 150 Å². The van der Waals surface area contributed by atoms with Gasteiger partial charge in [-0.15, -0.1) is 0 Å². The van der Waals surface area contributed by atoms with E-state index in [1.54, 1.807) is 19.2 Å². The van der Waals surface area contributed by atoms with Crippen molar-refractivity contribution >= 4 is 5.84 Å². The second-order valence-corrected chi connectivity index (χ2v) is 6.47. The molecule has 2 aliphatic heterocycles. The summed E-state index contributed by atoms with van der Waals surface area (Å²) >= 11 is 0. The van der Waals surface area contributed by atoms with Gasteiger partial charge >= 0.3 is 5.91 Å². The molecule has 4 rings (SSSR count). The number of nitriles is 2. The van der Waals surface area contributed by atoms with E-state index in [0.717, 1.165) is 5.56 Å². The molecule has 1 saturated carbocycles. The maximum Gasteiger partial charge on any atom is 0.343 e. The van der Waals surface area contributed by atoms with Gasteiger partial charge in [0.05, 0.1) is 39.1 Å². The molecule has 3 N–H and O–H groups in total. The Hall–Kier alpha value is -2.81. The van der Waals surface area contributed by atoms with E-state index < -0.39 is 22.7 Å². The molecule has 1 saturated heterocycles. The minimum Gasteiger partial charge on any atom is -0.493 e. The average molecular weight is 355 g/mol. The third kappa shape index (κ3) is 1.61. The Bertz CT molecular complexity index is 880. The van der Waals surface area contributed by atoms with Crippen LogP contribution in [0.3, 0.4) is 0 Å². The number of benzene rings is 1. The number of nitrogens with two attached hydrogens (primary N) is 1. The van der Waals surface area contributed by atoms with Crippen LogP contribution in [-0.4, -0.2) is 38.7 Å². The predicted octanol–water partition coefficient (Wildman–Crippen LogP) is -0.637. The number of ether oxygens (including phenoxy) is 4. The molecule has 0 aromatic heterocycles. The first-order chi connectivity index (χ1) is 12.6. The highest BCUT2D eigenvalue weighted by Crippen LogP contribution is 2.79. The van der Waals surface area contributed by atoms with Crippen LogP contribution >= 0.6 is 0 Å². The summed E-state index contributed by atoms with van der Waals surface area (Å²) in [6, 6.07) is 9.92. The molecule has 1 aliphatic carbocycles. The van der Waals surface area contributed by atoms with Crippen LogP contribution in [0.1, 0.15) is 18.4 Å². The van der Waals surface area contributed by atoms with Crippen LogP contribution in [0.15, 0.2) is 18.2 Å². The van der Waals surface area contributed by atoms with Crippen LogP contribution in [-0.2, 0) is 9.47 Å². The van der Waals surface area contributed by atoms with Gasteiger partial charge in [-0.05, 0) is 24.6 Å². The summed E-state index contributed by atoms with van der Waals surface area (Å²) in [5.41, 5.74) is 4.42. The van der Waals surface area contributed by atoms with Gasteiger partial charge in [0.25, 0.3) is 5.84 Å². The number of amidine groups is 1. The van der Waals surface area contributed by atoms with E-state index in [0.29, 0.717) is 31.3 Å². The Morgan fingerprint density at radius 1 is 1.27 bits per heavy atom. The lowest BCUT2D eigenvalue weighted by molar-refractivity contribution is -0.676. The summed E-state index contributed by atoms with van der Waals surface area (Å²) in [6.45, 7) is 3.03. The molecule has 0 unspecified atom stereocenters. The SMILES string of the molecule is CCOc1ccc([C@@H]2[C@]3(C#N)C(N)=[NH+]C4(OCCO4)[C@]23C#N)cc1OC. The van der Waals surface area contributed by atoms with Gasteiger partial charge in [0, 0.05) is 5.92 Å². The molecule has 134 valence electrons. The van der Waals surface area contributed by atoms with Crippen LogP contribution in [0, 0.1) is 33.5 Å². The van der Waals surface area contributed by atoms with Gasteiger partial charge in [0.1, 0.15) is 0 Å². The highest BCUT2D eigenvalue weighted by Gasteiger charge is 2.97. The van der Waals surface area contributed by atoms with Crippen LogP contribution in [0.5, 0.6) is 11.5 Å². The molecule has 1 spiro atoms. The van der Waals surface area contributed by atoms with Gasteiger partial charge in [0.2, 0.25) is 0 Å². The number of rotatable bonds is 4. The lowest BCUT2D eigenvalue weighted by Gasteiger charge is -2.23. The zero-order chi connectivity index (χ0) is 18.6. The first kappa shape index (κ1) is 16.6. The number of fused-ring (bicyclic) bond motifs is 2. The standard InChI is InChI=1S/C18H18N4O4/c1-3-24-12-5-4-11(8-13(12)23-2)14-16(9-19)15(21)22-18(17(14,16)10-20)25-6-7-26-18/h4-5,8,14H,3,6-7H2,1-2H3,(H2,21,22)/p+1/t14-,16-,17-/m1/s1. The van der Waals surface area contributed by atoms with Crippen molar-refractivity contribution in [1.82, 2.24) is 0 Å². The van der Waals surface area contributed by atoms with Crippen LogP contribution < -0.4 is 20.2 Å². The van der Waals surface area contributed by atoms with E-state index in [-0.39, 0.29) is 5.84 Å². The second-order valence-electron chi connectivity index (χ2n) is 6.47. The van der Waals surface area contributed by atoms with E-state index in [9.17, 15) is 10.5 Å². The topological polar surface area (TPSA) is 124 Å². The van der Waals surface area contributed by atoms with E-state index in [2.05, 4.69) is 17.1 Å². The van der Waals surface area contributed by atoms with Crippen molar-refractivity contribution in [3.05, 3.63) is 23.8 Å². The largest absolute Gasteiger partial charge is 0.493 e. The number of methoxy groups -OCH3 is 1. The van der Waals surface area contributed by atoms with Gasteiger partial charge in [-0.2, -0.15) is 10.5 Å². The van der Waals surface area contributed by atoms with Crippen molar-refractivity contribution in [1.29, 1.82) is 10.5 Å². The summed E-state index contributed by atoms with van der Waals surface area (Å²) in [5.74, 6) is -0.586. The first-order valence-electron chi connectivity index (χ1n) is 8.39. The van der Waals surface area contributed by atoms with Crippen LogP contribution in [0.2, 0.25) is 0 Å².